The van der Waals surface area contributed by atoms with E-state index in [1.807, 2.05) is 0 Å². The lowest BCUT2D eigenvalue weighted by Crippen LogP contribution is -2.60. The molecule has 2 saturated carbocycles. The fourth-order valence-corrected chi connectivity index (χ4v) is 5.94. The van der Waals surface area contributed by atoms with Crippen LogP contribution >= 0.6 is 0 Å². The van der Waals surface area contributed by atoms with Crippen molar-refractivity contribution in [1.82, 2.24) is 0 Å². The third-order valence-corrected chi connectivity index (χ3v) is 8.09. The highest BCUT2D eigenvalue weighted by Crippen LogP contribution is 2.69. The summed E-state index contributed by atoms with van der Waals surface area (Å²) in [7, 11) is 0. The van der Waals surface area contributed by atoms with Gasteiger partial charge in [0, 0.05) is 12.5 Å². The maximum Gasteiger partial charge on any atom is 0.331 e. The first kappa shape index (κ1) is 16.3. The molecule has 6 unspecified atom stereocenters. The van der Waals surface area contributed by atoms with Crippen LogP contribution in [0.1, 0.15) is 59.8 Å². The number of ketones is 1. The highest BCUT2D eigenvalue weighted by atomic mass is 16.6. The zero-order valence-corrected chi connectivity index (χ0v) is 15.2. The van der Waals surface area contributed by atoms with Crippen molar-refractivity contribution in [3.63, 3.8) is 0 Å². The zero-order chi connectivity index (χ0) is 17.3. The first-order valence-corrected chi connectivity index (χ1v) is 9.29. The summed E-state index contributed by atoms with van der Waals surface area (Å²) in [5, 5.41) is 0. The van der Waals surface area contributed by atoms with Gasteiger partial charge in [0.05, 0.1) is 11.5 Å². The van der Waals surface area contributed by atoms with E-state index in [-0.39, 0.29) is 28.5 Å². The Morgan fingerprint density at radius 1 is 1.21 bits per heavy atom. The van der Waals surface area contributed by atoms with Crippen molar-refractivity contribution in [2.75, 3.05) is 6.61 Å². The summed E-state index contributed by atoms with van der Waals surface area (Å²) < 4.78 is 11.1. The lowest BCUT2D eigenvalue weighted by Gasteiger charge is -2.57. The molecule has 0 bridgehead atoms. The van der Waals surface area contributed by atoms with Crippen LogP contribution in [0.4, 0.5) is 0 Å². The van der Waals surface area contributed by atoms with Crippen LogP contribution in [0.5, 0.6) is 0 Å². The molecule has 6 atom stereocenters. The number of rotatable bonds is 3. The Morgan fingerprint density at radius 3 is 2.62 bits per heavy atom. The molecule has 2 heterocycles. The second kappa shape index (κ2) is 4.94. The van der Waals surface area contributed by atoms with Crippen molar-refractivity contribution >= 4 is 11.8 Å². The Hall–Kier alpha value is -1.16. The predicted octanol–water partition coefficient (Wildman–Crippen LogP) is 3.44. The molecular formula is C20H28O4. The summed E-state index contributed by atoms with van der Waals surface area (Å²) in [6.45, 7) is 9.32. The molecule has 3 fully saturated rings. The maximum absolute atomic E-state index is 13.0. The molecule has 0 aromatic carbocycles. The number of carbonyl (C=O) groups excluding carboxylic acids is 2. The van der Waals surface area contributed by atoms with Crippen molar-refractivity contribution in [3.8, 4) is 0 Å². The molecule has 0 radical (unpaired) electrons. The van der Waals surface area contributed by atoms with Gasteiger partial charge in [-0.25, -0.2) is 4.79 Å². The summed E-state index contributed by atoms with van der Waals surface area (Å²) in [5.74, 6) is 0.885. The van der Waals surface area contributed by atoms with Gasteiger partial charge in [0.15, 0.2) is 0 Å². The largest absolute Gasteiger partial charge is 0.458 e. The Kier molecular flexibility index (Phi) is 3.36. The van der Waals surface area contributed by atoms with Gasteiger partial charge in [0.1, 0.15) is 18.0 Å². The topological polar surface area (TPSA) is 55.9 Å². The van der Waals surface area contributed by atoms with Crippen molar-refractivity contribution in [2.45, 2.75) is 71.5 Å². The second-order valence-corrected chi connectivity index (χ2v) is 8.99. The van der Waals surface area contributed by atoms with Crippen LogP contribution in [-0.4, -0.2) is 30.1 Å². The normalized spacial score (nSPS) is 50.0. The van der Waals surface area contributed by atoms with Crippen molar-refractivity contribution in [2.24, 2.45) is 22.7 Å². The van der Waals surface area contributed by atoms with E-state index in [0.717, 1.165) is 31.3 Å². The van der Waals surface area contributed by atoms with E-state index < -0.39 is 0 Å². The Bertz CT molecular complexity index is 638. The first-order chi connectivity index (χ1) is 11.2. The molecule has 4 aliphatic rings. The molecule has 4 nitrogen and oxygen atoms in total. The fourth-order valence-electron chi connectivity index (χ4n) is 5.94. The van der Waals surface area contributed by atoms with Crippen LogP contribution in [0.25, 0.3) is 0 Å². The van der Waals surface area contributed by atoms with Gasteiger partial charge in [0.2, 0.25) is 0 Å². The Balaban J connectivity index is 1.62. The summed E-state index contributed by atoms with van der Waals surface area (Å²) in [4.78, 5) is 24.3. The van der Waals surface area contributed by atoms with Crippen LogP contribution in [0.3, 0.4) is 0 Å². The highest BCUT2D eigenvalue weighted by molar-refractivity contribution is 5.88. The van der Waals surface area contributed by atoms with Gasteiger partial charge in [-0.05, 0) is 62.4 Å². The third-order valence-electron chi connectivity index (χ3n) is 8.09. The number of ether oxygens (including phenoxy) is 2. The van der Waals surface area contributed by atoms with Gasteiger partial charge in [-0.1, -0.05) is 13.8 Å². The minimum absolute atomic E-state index is 0.0923. The second-order valence-electron chi connectivity index (χ2n) is 8.99. The number of carbonyl (C=O) groups is 2. The molecule has 2 aliphatic carbocycles. The van der Waals surface area contributed by atoms with Crippen LogP contribution in [0.2, 0.25) is 0 Å². The van der Waals surface area contributed by atoms with Gasteiger partial charge in [0.25, 0.3) is 0 Å². The molecule has 0 aromatic heterocycles. The molecule has 0 aromatic rings. The quantitative estimate of drug-likeness (QED) is 0.587. The fraction of sp³-hybridized carbons (Fsp3) is 0.800. The van der Waals surface area contributed by atoms with Gasteiger partial charge in [-0.15, -0.1) is 0 Å². The number of epoxide rings is 1. The van der Waals surface area contributed by atoms with Gasteiger partial charge in [-0.3, -0.25) is 4.79 Å². The highest BCUT2D eigenvalue weighted by Gasteiger charge is 2.74. The number of cyclic esters (lactones) is 1. The smallest absolute Gasteiger partial charge is 0.331 e. The standard InChI is InChI=1S/C20H28O4/c1-12-9-15(21)19(3)14(5-6-16-20(19,4)24-16)18(12,2)8-7-13-10-17(22)23-11-13/h10,12,14,16H,5-9,11H2,1-4H3. The number of Topliss-reactive ketones (excluding diaryl/α,β-unsaturated/α-hetero) is 1. The average Bonchev–Trinajstić information content (AvgIpc) is 3.04. The third kappa shape index (κ3) is 1.95. The molecule has 4 rings (SSSR count). The van der Waals surface area contributed by atoms with E-state index in [1.54, 1.807) is 6.08 Å². The minimum atomic E-state index is -0.368. The van der Waals surface area contributed by atoms with E-state index in [1.165, 1.54) is 0 Å². The molecule has 1 saturated heterocycles. The van der Waals surface area contributed by atoms with Crippen LogP contribution in [0, 0.1) is 22.7 Å². The lowest BCUT2D eigenvalue weighted by atomic mass is 9.44. The molecule has 0 amide bonds. The molecule has 2 aliphatic heterocycles. The number of fused-ring (bicyclic) bond motifs is 3. The van der Waals surface area contributed by atoms with Crippen molar-refractivity contribution in [1.29, 1.82) is 0 Å². The summed E-state index contributed by atoms with van der Waals surface area (Å²) >= 11 is 0. The summed E-state index contributed by atoms with van der Waals surface area (Å²) in [5.41, 5.74) is 0.553. The Morgan fingerprint density at radius 2 is 1.96 bits per heavy atom. The van der Waals surface area contributed by atoms with E-state index in [9.17, 15) is 9.59 Å². The van der Waals surface area contributed by atoms with E-state index in [2.05, 4.69) is 27.7 Å². The van der Waals surface area contributed by atoms with Gasteiger partial charge < -0.3 is 9.47 Å². The first-order valence-electron chi connectivity index (χ1n) is 9.29. The molecule has 132 valence electrons. The monoisotopic (exact) mass is 332 g/mol. The number of esters is 1. The molecule has 0 N–H and O–H groups in total. The number of hydrogen-bond donors (Lipinski definition) is 0. The molecule has 4 heteroatoms. The molecular weight excluding hydrogens is 304 g/mol. The summed E-state index contributed by atoms with van der Waals surface area (Å²) in [6.07, 6.45) is 6.57. The van der Waals surface area contributed by atoms with Crippen molar-refractivity contribution < 1.29 is 19.1 Å². The van der Waals surface area contributed by atoms with Crippen molar-refractivity contribution in [3.05, 3.63) is 11.6 Å². The molecule has 24 heavy (non-hydrogen) atoms. The Labute approximate surface area is 144 Å². The zero-order valence-electron chi connectivity index (χ0n) is 15.2. The van der Waals surface area contributed by atoms with Crippen LogP contribution in [0.15, 0.2) is 11.6 Å². The van der Waals surface area contributed by atoms with Crippen LogP contribution < -0.4 is 0 Å². The van der Waals surface area contributed by atoms with Gasteiger partial charge in [-0.2, -0.15) is 0 Å². The predicted molar refractivity (Wildman–Crippen MR) is 89.3 cm³/mol. The maximum atomic E-state index is 13.0. The van der Waals surface area contributed by atoms with E-state index in [0.29, 0.717) is 30.6 Å². The van der Waals surface area contributed by atoms with Crippen LogP contribution in [-0.2, 0) is 19.1 Å². The lowest BCUT2D eigenvalue weighted by molar-refractivity contribution is -0.158. The number of hydrogen-bond acceptors (Lipinski definition) is 4. The molecule has 0 spiro atoms. The SMILES string of the molecule is CC1CC(=O)C2(C)C(CCC3OC32C)C1(C)CCC1=CC(=O)OC1. The minimum Gasteiger partial charge on any atom is -0.458 e. The van der Waals surface area contributed by atoms with E-state index in [4.69, 9.17) is 9.47 Å². The van der Waals surface area contributed by atoms with E-state index >= 15 is 0 Å². The summed E-state index contributed by atoms with van der Waals surface area (Å²) in [6, 6.07) is 0. The van der Waals surface area contributed by atoms with Gasteiger partial charge >= 0.3 is 5.97 Å². The average molecular weight is 332 g/mol.